The van der Waals surface area contributed by atoms with Gasteiger partial charge in [-0.15, -0.1) is 11.3 Å². The van der Waals surface area contributed by atoms with Crippen LogP contribution in [0.2, 0.25) is 0 Å². The van der Waals surface area contributed by atoms with Crippen LogP contribution in [0, 0.1) is 5.82 Å². The highest BCUT2D eigenvalue weighted by Gasteiger charge is 2.11. The molecule has 18 heavy (non-hydrogen) atoms. The Morgan fingerprint density at radius 1 is 1.28 bits per heavy atom. The summed E-state index contributed by atoms with van der Waals surface area (Å²) in [6, 6.07) is 6.31. The topological polar surface area (TPSA) is 33.1 Å². The van der Waals surface area contributed by atoms with Crippen LogP contribution in [0.1, 0.15) is 30.3 Å². The van der Waals surface area contributed by atoms with Gasteiger partial charge in [0.25, 0.3) is 0 Å². The number of aromatic nitrogens is 1. The maximum Gasteiger partial charge on any atom is 0.123 e. The molecule has 1 aromatic carbocycles. The molecule has 0 bridgehead atoms. The first-order chi connectivity index (χ1) is 8.74. The summed E-state index contributed by atoms with van der Waals surface area (Å²) in [7, 11) is 0. The number of aliphatic hydroxyl groups is 1. The molecule has 2 rings (SSSR count). The highest BCUT2D eigenvalue weighted by molar-refractivity contribution is 7.15. The first-order valence-corrected chi connectivity index (χ1v) is 6.91. The number of benzene rings is 1. The summed E-state index contributed by atoms with van der Waals surface area (Å²) < 4.78 is 12.9. The van der Waals surface area contributed by atoms with Gasteiger partial charge < -0.3 is 5.11 Å². The van der Waals surface area contributed by atoms with E-state index < -0.39 is 0 Å². The van der Waals surface area contributed by atoms with E-state index in [9.17, 15) is 9.50 Å². The zero-order valence-corrected chi connectivity index (χ0v) is 11.1. The quantitative estimate of drug-likeness (QED) is 0.892. The van der Waals surface area contributed by atoms with Crippen molar-refractivity contribution in [1.29, 1.82) is 0 Å². The molecule has 0 atom stereocenters. The van der Waals surface area contributed by atoms with Crippen molar-refractivity contribution in [3.63, 3.8) is 0 Å². The number of hydrogen-bond acceptors (Lipinski definition) is 3. The molecule has 1 aromatic heterocycles. The fourth-order valence-electron chi connectivity index (χ4n) is 1.76. The van der Waals surface area contributed by atoms with Gasteiger partial charge in [0, 0.05) is 10.4 Å². The number of thiazole rings is 1. The maximum atomic E-state index is 12.9. The SMILES string of the molecule is CCCCc1sc(-c2ccc(F)cc2)nc1CO. The third-order valence-corrected chi connectivity index (χ3v) is 3.98. The number of nitrogens with zero attached hydrogens (tertiary/aromatic N) is 1. The average molecular weight is 265 g/mol. The lowest BCUT2D eigenvalue weighted by molar-refractivity contribution is 0.276. The van der Waals surface area contributed by atoms with Crippen LogP contribution in [0.3, 0.4) is 0 Å². The summed E-state index contributed by atoms with van der Waals surface area (Å²) in [5, 5.41) is 10.2. The van der Waals surface area contributed by atoms with Gasteiger partial charge in [0.1, 0.15) is 10.8 Å². The summed E-state index contributed by atoms with van der Waals surface area (Å²) in [5.41, 5.74) is 1.66. The van der Waals surface area contributed by atoms with Crippen molar-refractivity contribution in [2.75, 3.05) is 0 Å². The van der Waals surface area contributed by atoms with Crippen molar-refractivity contribution in [3.8, 4) is 10.6 Å². The Morgan fingerprint density at radius 3 is 2.61 bits per heavy atom. The molecule has 0 spiro atoms. The van der Waals surface area contributed by atoms with E-state index in [0.717, 1.165) is 40.4 Å². The third kappa shape index (κ3) is 2.94. The summed E-state index contributed by atoms with van der Waals surface area (Å²) in [6.07, 6.45) is 3.16. The van der Waals surface area contributed by atoms with Crippen LogP contribution in [-0.4, -0.2) is 10.1 Å². The molecule has 4 heteroatoms. The van der Waals surface area contributed by atoms with Crippen LogP contribution < -0.4 is 0 Å². The Balaban J connectivity index is 2.28. The lowest BCUT2D eigenvalue weighted by atomic mass is 10.2. The van der Waals surface area contributed by atoms with E-state index in [1.54, 1.807) is 23.5 Å². The molecular formula is C14H16FNOS. The minimum absolute atomic E-state index is 0.0310. The van der Waals surface area contributed by atoms with Gasteiger partial charge in [-0.05, 0) is 37.1 Å². The fraction of sp³-hybridized carbons (Fsp3) is 0.357. The van der Waals surface area contributed by atoms with Gasteiger partial charge in [-0.3, -0.25) is 0 Å². The number of aliphatic hydroxyl groups excluding tert-OH is 1. The largest absolute Gasteiger partial charge is 0.390 e. The van der Waals surface area contributed by atoms with Crippen LogP contribution in [-0.2, 0) is 13.0 Å². The smallest absolute Gasteiger partial charge is 0.123 e. The van der Waals surface area contributed by atoms with Crippen molar-refractivity contribution in [1.82, 2.24) is 4.98 Å². The second-order valence-electron chi connectivity index (χ2n) is 4.16. The summed E-state index contributed by atoms with van der Waals surface area (Å²) >= 11 is 1.59. The Hall–Kier alpha value is -1.26. The van der Waals surface area contributed by atoms with Gasteiger partial charge in [0.2, 0.25) is 0 Å². The van der Waals surface area contributed by atoms with Crippen molar-refractivity contribution in [2.24, 2.45) is 0 Å². The summed E-state index contributed by atoms with van der Waals surface area (Å²) in [4.78, 5) is 5.57. The van der Waals surface area contributed by atoms with E-state index in [-0.39, 0.29) is 12.4 Å². The zero-order valence-electron chi connectivity index (χ0n) is 10.3. The van der Waals surface area contributed by atoms with Crippen molar-refractivity contribution >= 4 is 11.3 Å². The standard InChI is InChI=1S/C14H16FNOS/c1-2-3-4-13-12(9-17)16-14(18-13)10-5-7-11(15)8-6-10/h5-8,17H,2-4,9H2,1H3. The normalized spacial score (nSPS) is 10.8. The monoisotopic (exact) mass is 265 g/mol. The van der Waals surface area contributed by atoms with Gasteiger partial charge in [0.15, 0.2) is 0 Å². The Labute approximate surface area is 110 Å². The lowest BCUT2D eigenvalue weighted by Crippen LogP contribution is -1.90. The van der Waals surface area contributed by atoms with Crippen LogP contribution in [0.4, 0.5) is 4.39 Å². The predicted molar refractivity (Wildman–Crippen MR) is 72.0 cm³/mol. The van der Waals surface area contributed by atoms with Gasteiger partial charge in [-0.1, -0.05) is 13.3 Å². The third-order valence-electron chi connectivity index (χ3n) is 2.78. The average Bonchev–Trinajstić information content (AvgIpc) is 2.80. The number of unbranched alkanes of at least 4 members (excludes halogenated alkanes) is 1. The molecule has 1 N–H and O–H groups in total. The predicted octanol–water partition coefficient (Wildman–Crippen LogP) is 3.78. The van der Waals surface area contributed by atoms with Crippen molar-refractivity contribution in [3.05, 3.63) is 40.7 Å². The van der Waals surface area contributed by atoms with E-state index in [4.69, 9.17) is 0 Å². The van der Waals surface area contributed by atoms with Gasteiger partial charge >= 0.3 is 0 Å². The van der Waals surface area contributed by atoms with Gasteiger partial charge in [-0.2, -0.15) is 0 Å². The molecule has 0 unspecified atom stereocenters. The number of hydrogen-bond donors (Lipinski definition) is 1. The van der Waals surface area contributed by atoms with Crippen LogP contribution in [0.15, 0.2) is 24.3 Å². The molecule has 0 aliphatic carbocycles. The molecule has 1 heterocycles. The molecule has 0 amide bonds. The fourth-order valence-corrected chi connectivity index (χ4v) is 2.87. The molecular weight excluding hydrogens is 249 g/mol. The highest BCUT2D eigenvalue weighted by atomic mass is 32.1. The van der Waals surface area contributed by atoms with E-state index in [1.807, 2.05) is 0 Å². The molecule has 0 aliphatic heterocycles. The molecule has 0 saturated heterocycles. The molecule has 0 fully saturated rings. The minimum atomic E-state index is -0.246. The van der Waals surface area contributed by atoms with Crippen molar-refractivity contribution in [2.45, 2.75) is 32.8 Å². The van der Waals surface area contributed by atoms with E-state index in [1.165, 1.54) is 12.1 Å². The molecule has 96 valence electrons. The van der Waals surface area contributed by atoms with Gasteiger partial charge in [0.05, 0.1) is 12.3 Å². The van der Waals surface area contributed by atoms with E-state index >= 15 is 0 Å². The first kappa shape index (κ1) is 13.2. The molecule has 0 aliphatic rings. The Kier molecular flexibility index (Phi) is 4.44. The molecule has 0 saturated carbocycles. The first-order valence-electron chi connectivity index (χ1n) is 6.10. The summed E-state index contributed by atoms with van der Waals surface area (Å²) in [6.45, 7) is 2.11. The number of rotatable bonds is 5. The molecule has 2 nitrogen and oxygen atoms in total. The Morgan fingerprint density at radius 2 is 2.00 bits per heavy atom. The molecule has 0 radical (unpaired) electrons. The minimum Gasteiger partial charge on any atom is -0.390 e. The number of aryl methyl sites for hydroxylation is 1. The molecule has 2 aromatic rings. The van der Waals surface area contributed by atoms with Crippen molar-refractivity contribution < 1.29 is 9.50 Å². The zero-order chi connectivity index (χ0) is 13.0. The van der Waals surface area contributed by atoms with Crippen LogP contribution >= 0.6 is 11.3 Å². The summed E-state index contributed by atoms with van der Waals surface area (Å²) in [5.74, 6) is -0.246. The number of halogens is 1. The second kappa shape index (κ2) is 6.07. The highest BCUT2D eigenvalue weighted by Crippen LogP contribution is 2.29. The second-order valence-corrected chi connectivity index (χ2v) is 5.24. The Bertz CT molecular complexity index is 507. The van der Waals surface area contributed by atoms with Crippen LogP contribution in [0.25, 0.3) is 10.6 Å². The van der Waals surface area contributed by atoms with E-state index in [2.05, 4.69) is 11.9 Å². The lowest BCUT2D eigenvalue weighted by Gasteiger charge is -1.96. The van der Waals surface area contributed by atoms with Crippen LogP contribution in [0.5, 0.6) is 0 Å². The van der Waals surface area contributed by atoms with Gasteiger partial charge in [-0.25, -0.2) is 9.37 Å². The van der Waals surface area contributed by atoms with E-state index in [0.29, 0.717) is 0 Å². The maximum absolute atomic E-state index is 12.9.